The molecule has 1 saturated carbocycles. The van der Waals surface area contributed by atoms with Gasteiger partial charge in [-0.2, -0.15) is 8.78 Å². The zero-order valence-corrected chi connectivity index (χ0v) is 8.56. The highest BCUT2D eigenvalue weighted by Crippen LogP contribution is 2.40. The smallest absolute Gasteiger partial charge is 0.298 e. The van der Waals surface area contributed by atoms with Crippen molar-refractivity contribution in [3.63, 3.8) is 0 Å². The highest BCUT2D eigenvalue weighted by atomic mass is 19.3. The van der Waals surface area contributed by atoms with Crippen LogP contribution < -0.4 is 0 Å². The van der Waals surface area contributed by atoms with Gasteiger partial charge >= 0.3 is 5.92 Å². The Labute approximate surface area is 81.7 Å². The van der Waals surface area contributed by atoms with Crippen molar-refractivity contribution in [3.8, 4) is 0 Å². The van der Waals surface area contributed by atoms with E-state index in [1.54, 1.807) is 13.8 Å². The SMILES string of the molecule is CC(F)(F)C(=O)C1CCC(C)(C)C1=O. The molecule has 0 bridgehead atoms. The monoisotopic (exact) mass is 204 g/mol. The maximum Gasteiger partial charge on any atom is 0.303 e. The number of Topliss-reactive ketones (excluding diaryl/α,β-unsaturated/α-hetero) is 2. The van der Waals surface area contributed by atoms with Gasteiger partial charge in [0.15, 0.2) is 0 Å². The molecule has 1 aliphatic rings. The molecule has 14 heavy (non-hydrogen) atoms. The summed E-state index contributed by atoms with van der Waals surface area (Å²) in [6.45, 7) is 3.93. The number of hydrogen-bond acceptors (Lipinski definition) is 2. The van der Waals surface area contributed by atoms with E-state index in [9.17, 15) is 18.4 Å². The minimum Gasteiger partial charge on any atom is -0.298 e. The van der Waals surface area contributed by atoms with Gasteiger partial charge in [0.25, 0.3) is 0 Å². The Bertz CT molecular complexity index is 276. The van der Waals surface area contributed by atoms with Gasteiger partial charge in [0.1, 0.15) is 5.78 Å². The normalized spacial score (nSPS) is 26.6. The summed E-state index contributed by atoms with van der Waals surface area (Å²) in [5.74, 6) is -6.05. The standard InChI is InChI=1S/C10H14F2O2/c1-9(2)5-4-6(7(9)13)8(14)10(3,11)12/h6H,4-5H2,1-3H3. The van der Waals surface area contributed by atoms with Crippen molar-refractivity contribution in [3.05, 3.63) is 0 Å². The number of ketones is 2. The van der Waals surface area contributed by atoms with Gasteiger partial charge in [-0.3, -0.25) is 9.59 Å². The predicted octanol–water partition coefficient (Wildman–Crippen LogP) is 2.22. The maximum absolute atomic E-state index is 12.7. The molecule has 0 heterocycles. The minimum atomic E-state index is -3.39. The van der Waals surface area contributed by atoms with Crippen LogP contribution in [-0.4, -0.2) is 17.5 Å². The van der Waals surface area contributed by atoms with Crippen molar-refractivity contribution < 1.29 is 18.4 Å². The lowest BCUT2D eigenvalue weighted by Crippen LogP contribution is -2.36. The molecule has 1 rings (SSSR count). The van der Waals surface area contributed by atoms with Crippen LogP contribution >= 0.6 is 0 Å². The van der Waals surface area contributed by atoms with Crippen LogP contribution in [0.3, 0.4) is 0 Å². The van der Waals surface area contributed by atoms with Crippen LogP contribution in [0.1, 0.15) is 33.6 Å². The fourth-order valence-electron chi connectivity index (χ4n) is 1.79. The molecule has 0 aliphatic heterocycles. The molecule has 4 heteroatoms. The lowest BCUT2D eigenvalue weighted by Gasteiger charge is -2.17. The molecular formula is C10H14F2O2. The average molecular weight is 204 g/mol. The Hall–Kier alpha value is -0.800. The predicted molar refractivity (Wildman–Crippen MR) is 47.1 cm³/mol. The van der Waals surface area contributed by atoms with Gasteiger partial charge in [-0.15, -0.1) is 0 Å². The van der Waals surface area contributed by atoms with Gasteiger partial charge in [-0.25, -0.2) is 0 Å². The Morgan fingerprint density at radius 1 is 1.50 bits per heavy atom. The molecule has 2 nitrogen and oxygen atoms in total. The molecule has 0 spiro atoms. The first-order valence-electron chi connectivity index (χ1n) is 4.63. The van der Waals surface area contributed by atoms with Gasteiger partial charge in [-0.1, -0.05) is 13.8 Å². The van der Waals surface area contributed by atoms with E-state index in [1.165, 1.54) is 0 Å². The average Bonchev–Trinajstić information content (AvgIpc) is 2.25. The van der Waals surface area contributed by atoms with Crippen LogP contribution in [-0.2, 0) is 9.59 Å². The van der Waals surface area contributed by atoms with E-state index in [0.29, 0.717) is 13.3 Å². The second kappa shape index (κ2) is 3.11. The molecule has 0 aromatic heterocycles. The van der Waals surface area contributed by atoms with Crippen molar-refractivity contribution in [2.75, 3.05) is 0 Å². The van der Waals surface area contributed by atoms with Gasteiger partial charge in [-0.05, 0) is 12.8 Å². The van der Waals surface area contributed by atoms with Crippen LogP contribution in [0.15, 0.2) is 0 Å². The minimum absolute atomic E-state index is 0.258. The number of hydrogen-bond donors (Lipinski definition) is 0. The molecule has 80 valence electrons. The molecule has 1 fully saturated rings. The number of alkyl halides is 2. The van der Waals surface area contributed by atoms with Crippen molar-refractivity contribution in [1.82, 2.24) is 0 Å². The van der Waals surface area contributed by atoms with Gasteiger partial charge in [0.05, 0.1) is 5.92 Å². The molecular weight excluding hydrogens is 190 g/mol. The summed E-state index contributed by atoms with van der Waals surface area (Å²) in [6.07, 6.45) is 0.770. The van der Waals surface area contributed by atoms with E-state index in [4.69, 9.17) is 0 Å². The summed E-state index contributed by atoms with van der Waals surface area (Å²) in [7, 11) is 0. The number of carbonyl (C=O) groups is 2. The highest BCUT2D eigenvalue weighted by Gasteiger charge is 2.49. The van der Waals surface area contributed by atoms with Crippen LogP contribution in [0.2, 0.25) is 0 Å². The first-order valence-corrected chi connectivity index (χ1v) is 4.63. The van der Waals surface area contributed by atoms with Gasteiger partial charge in [0.2, 0.25) is 5.78 Å². The van der Waals surface area contributed by atoms with E-state index >= 15 is 0 Å². The largest absolute Gasteiger partial charge is 0.303 e. The summed E-state index contributed by atoms with van der Waals surface area (Å²) in [5, 5.41) is 0. The molecule has 0 aromatic rings. The summed E-state index contributed by atoms with van der Waals surface area (Å²) in [4.78, 5) is 22.8. The summed E-state index contributed by atoms with van der Waals surface area (Å²) in [6, 6.07) is 0. The lowest BCUT2D eigenvalue weighted by molar-refractivity contribution is -0.149. The second-order valence-corrected chi connectivity index (χ2v) is 4.59. The first kappa shape index (κ1) is 11.3. The Morgan fingerprint density at radius 2 is 2.00 bits per heavy atom. The number of halogens is 2. The lowest BCUT2D eigenvalue weighted by atomic mass is 9.87. The van der Waals surface area contributed by atoms with Crippen LogP contribution in [0, 0.1) is 11.3 Å². The van der Waals surface area contributed by atoms with E-state index in [2.05, 4.69) is 0 Å². The van der Waals surface area contributed by atoms with Crippen LogP contribution in [0.5, 0.6) is 0 Å². The van der Waals surface area contributed by atoms with Gasteiger partial charge in [0, 0.05) is 12.3 Å². The molecule has 1 unspecified atom stereocenters. The van der Waals surface area contributed by atoms with Crippen LogP contribution in [0.25, 0.3) is 0 Å². The van der Waals surface area contributed by atoms with E-state index < -0.39 is 23.0 Å². The maximum atomic E-state index is 12.7. The molecule has 0 saturated heterocycles. The second-order valence-electron chi connectivity index (χ2n) is 4.59. The van der Waals surface area contributed by atoms with Crippen LogP contribution in [0.4, 0.5) is 8.78 Å². The summed E-state index contributed by atoms with van der Waals surface area (Å²) in [5.41, 5.74) is -0.619. The number of carbonyl (C=O) groups excluding carboxylic acids is 2. The van der Waals surface area contributed by atoms with Crippen molar-refractivity contribution in [1.29, 1.82) is 0 Å². The number of rotatable bonds is 2. The third-order valence-corrected chi connectivity index (χ3v) is 2.79. The topological polar surface area (TPSA) is 34.1 Å². The first-order chi connectivity index (χ1) is 6.16. The molecule has 0 radical (unpaired) electrons. The van der Waals surface area contributed by atoms with Gasteiger partial charge < -0.3 is 0 Å². The third kappa shape index (κ3) is 1.83. The fraction of sp³-hybridized carbons (Fsp3) is 0.800. The zero-order valence-electron chi connectivity index (χ0n) is 8.56. The Morgan fingerprint density at radius 3 is 2.29 bits per heavy atom. The molecule has 1 atom stereocenters. The molecule has 1 aliphatic carbocycles. The molecule has 0 N–H and O–H groups in total. The highest BCUT2D eigenvalue weighted by molar-refractivity contribution is 6.08. The third-order valence-electron chi connectivity index (χ3n) is 2.79. The summed E-state index contributed by atoms with van der Waals surface area (Å²) >= 11 is 0. The molecule has 0 amide bonds. The van der Waals surface area contributed by atoms with Crippen molar-refractivity contribution in [2.24, 2.45) is 11.3 Å². The van der Waals surface area contributed by atoms with E-state index in [-0.39, 0.29) is 12.2 Å². The van der Waals surface area contributed by atoms with E-state index in [1.807, 2.05) is 0 Å². The fourth-order valence-corrected chi connectivity index (χ4v) is 1.79. The van der Waals surface area contributed by atoms with E-state index in [0.717, 1.165) is 0 Å². The quantitative estimate of drug-likeness (QED) is 0.646. The Kier molecular flexibility index (Phi) is 2.50. The molecule has 0 aromatic carbocycles. The van der Waals surface area contributed by atoms with Crippen molar-refractivity contribution >= 4 is 11.6 Å². The summed E-state index contributed by atoms with van der Waals surface area (Å²) < 4.78 is 25.4. The Balaban J connectivity index is 2.85. The van der Waals surface area contributed by atoms with Crippen molar-refractivity contribution in [2.45, 2.75) is 39.5 Å². The zero-order chi connectivity index (χ0) is 11.1.